The molecule has 0 amide bonds. The minimum atomic E-state index is 0.410. The van der Waals surface area contributed by atoms with Crippen molar-refractivity contribution in [1.29, 1.82) is 0 Å². The van der Waals surface area contributed by atoms with Crippen LogP contribution in [-0.2, 0) is 11.3 Å². The number of ether oxygens (including phenoxy) is 1. The number of likely N-dealkylation sites (tertiary alicyclic amines) is 1. The summed E-state index contributed by atoms with van der Waals surface area (Å²) in [4.78, 5) is 6.70. The van der Waals surface area contributed by atoms with E-state index in [-0.39, 0.29) is 0 Å². The second kappa shape index (κ2) is 7.40. The SMILES string of the molecule is NCCCOC1CCN(Cc2ncc(Cl)s2)CC1. The van der Waals surface area contributed by atoms with Gasteiger partial charge in [0, 0.05) is 19.7 Å². The Morgan fingerprint density at radius 2 is 2.28 bits per heavy atom. The Kier molecular flexibility index (Phi) is 5.85. The largest absolute Gasteiger partial charge is 0.378 e. The number of piperidine rings is 1. The average molecular weight is 290 g/mol. The summed E-state index contributed by atoms with van der Waals surface area (Å²) in [5.41, 5.74) is 5.45. The van der Waals surface area contributed by atoms with E-state index in [4.69, 9.17) is 22.1 Å². The van der Waals surface area contributed by atoms with Gasteiger partial charge >= 0.3 is 0 Å². The van der Waals surface area contributed by atoms with Gasteiger partial charge in [-0.1, -0.05) is 11.6 Å². The Hall–Kier alpha value is -0.200. The van der Waals surface area contributed by atoms with Gasteiger partial charge in [0.15, 0.2) is 0 Å². The molecule has 1 aromatic rings. The van der Waals surface area contributed by atoms with Gasteiger partial charge in [0.1, 0.15) is 9.34 Å². The smallest absolute Gasteiger partial charge is 0.113 e. The number of nitrogens with two attached hydrogens (primary N) is 1. The molecular formula is C12H20ClN3OS. The van der Waals surface area contributed by atoms with Crippen LogP contribution >= 0.6 is 22.9 Å². The molecular weight excluding hydrogens is 270 g/mol. The Morgan fingerprint density at radius 3 is 2.89 bits per heavy atom. The topological polar surface area (TPSA) is 51.4 Å². The van der Waals surface area contributed by atoms with Crippen LogP contribution in [-0.4, -0.2) is 42.2 Å². The number of nitrogens with zero attached hydrogens (tertiary/aromatic N) is 2. The summed E-state index contributed by atoms with van der Waals surface area (Å²) in [6.07, 6.45) is 5.29. The summed E-state index contributed by atoms with van der Waals surface area (Å²) in [7, 11) is 0. The lowest BCUT2D eigenvalue weighted by Crippen LogP contribution is -2.36. The van der Waals surface area contributed by atoms with Gasteiger partial charge in [-0.2, -0.15) is 0 Å². The maximum atomic E-state index is 5.88. The molecule has 2 heterocycles. The number of hydrogen-bond acceptors (Lipinski definition) is 5. The molecule has 6 heteroatoms. The molecule has 0 aromatic carbocycles. The van der Waals surface area contributed by atoms with Crippen molar-refractivity contribution in [2.75, 3.05) is 26.2 Å². The summed E-state index contributed by atoms with van der Waals surface area (Å²) < 4.78 is 6.55. The number of halogens is 1. The summed E-state index contributed by atoms with van der Waals surface area (Å²) in [6, 6.07) is 0. The second-order valence-corrected chi connectivity index (χ2v) is 6.29. The van der Waals surface area contributed by atoms with Crippen molar-refractivity contribution >= 4 is 22.9 Å². The van der Waals surface area contributed by atoms with Crippen LogP contribution in [0.1, 0.15) is 24.3 Å². The Morgan fingerprint density at radius 1 is 1.50 bits per heavy atom. The molecule has 1 aromatic heterocycles. The lowest BCUT2D eigenvalue weighted by Gasteiger charge is -2.31. The molecule has 18 heavy (non-hydrogen) atoms. The van der Waals surface area contributed by atoms with E-state index in [0.29, 0.717) is 12.6 Å². The summed E-state index contributed by atoms with van der Waals surface area (Å²) in [5, 5.41) is 1.10. The highest BCUT2D eigenvalue weighted by Gasteiger charge is 2.20. The zero-order chi connectivity index (χ0) is 12.8. The molecule has 0 spiro atoms. The summed E-state index contributed by atoms with van der Waals surface area (Å²) in [5.74, 6) is 0. The quantitative estimate of drug-likeness (QED) is 0.815. The fourth-order valence-corrected chi connectivity index (χ4v) is 3.12. The Balaban J connectivity index is 1.67. The van der Waals surface area contributed by atoms with Gasteiger partial charge in [-0.3, -0.25) is 4.90 Å². The van der Waals surface area contributed by atoms with E-state index in [1.807, 2.05) is 0 Å². The van der Waals surface area contributed by atoms with Crippen molar-refractivity contribution in [2.24, 2.45) is 5.73 Å². The van der Waals surface area contributed by atoms with Crippen LogP contribution < -0.4 is 5.73 Å². The number of rotatable bonds is 6. The van der Waals surface area contributed by atoms with E-state index < -0.39 is 0 Å². The van der Waals surface area contributed by atoms with Gasteiger partial charge in [0.25, 0.3) is 0 Å². The molecule has 1 aliphatic rings. The molecule has 0 bridgehead atoms. The molecule has 2 N–H and O–H groups in total. The van der Waals surface area contributed by atoms with E-state index in [2.05, 4.69) is 9.88 Å². The van der Waals surface area contributed by atoms with Crippen molar-refractivity contribution in [2.45, 2.75) is 31.9 Å². The predicted octanol–water partition coefficient (Wildman–Crippen LogP) is 2.13. The van der Waals surface area contributed by atoms with Gasteiger partial charge in [-0.05, 0) is 25.8 Å². The fraction of sp³-hybridized carbons (Fsp3) is 0.750. The minimum Gasteiger partial charge on any atom is -0.378 e. The van der Waals surface area contributed by atoms with Crippen molar-refractivity contribution < 1.29 is 4.74 Å². The number of aromatic nitrogens is 1. The molecule has 0 radical (unpaired) electrons. The maximum Gasteiger partial charge on any atom is 0.113 e. The van der Waals surface area contributed by atoms with Gasteiger partial charge < -0.3 is 10.5 Å². The van der Waals surface area contributed by atoms with E-state index in [1.165, 1.54) is 0 Å². The van der Waals surface area contributed by atoms with Crippen molar-refractivity contribution in [3.63, 3.8) is 0 Å². The monoisotopic (exact) mass is 289 g/mol. The van der Waals surface area contributed by atoms with E-state index in [0.717, 1.165) is 54.8 Å². The molecule has 1 aliphatic heterocycles. The minimum absolute atomic E-state index is 0.410. The van der Waals surface area contributed by atoms with Crippen molar-refractivity contribution in [3.05, 3.63) is 15.5 Å². The molecule has 0 saturated carbocycles. The molecule has 4 nitrogen and oxygen atoms in total. The molecule has 1 fully saturated rings. The highest BCUT2D eigenvalue weighted by atomic mass is 35.5. The van der Waals surface area contributed by atoms with Crippen LogP contribution in [0, 0.1) is 0 Å². The first-order valence-corrected chi connectivity index (χ1v) is 7.61. The highest BCUT2D eigenvalue weighted by molar-refractivity contribution is 7.15. The molecule has 0 atom stereocenters. The van der Waals surface area contributed by atoms with Gasteiger partial charge in [-0.25, -0.2) is 4.98 Å². The van der Waals surface area contributed by atoms with Gasteiger partial charge in [-0.15, -0.1) is 11.3 Å². The van der Waals surface area contributed by atoms with Crippen molar-refractivity contribution in [3.8, 4) is 0 Å². The van der Waals surface area contributed by atoms with Crippen LogP contribution in [0.3, 0.4) is 0 Å². The summed E-state index contributed by atoms with van der Waals surface area (Å²) >= 11 is 7.45. The predicted molar refractivity (Wildman–Crippen MR) is 75.0 cm³/mol. The zero-order valence-corrected chi connectivity index (χ0v) is 12.1. The maximum absolute atomic E-state index is 5.88. The third-order valence-electron chi connectivity index (χ3n) is 3.12. The van der Waals surface area contributed by atoms with Crippen LogP contribution in [0.4, 0.5) is 0 Å². The van der Waals surface area contributed by atoms with Crippen LogP contribution in [0.2, 0.25) is 4.34 Å². The lowest BCUT2D eigenvalue weighted by atomic mass is 10.1. The fourth-order valence-electron chi connectivity index (χ4n) is 2.12. The van der Waals surface area contributed by atoms with Gasteiger partial charge in [0.2, 0.25) is 0 Å². The zero-order valence-electron chi connectivity index (χ0n) is 10.5. The van der Waals surface area contributed by atoms with Crippen LogP contribution in [0.5, 0.6) is 0 Å². The molecule has 0 unspecified atom stereocenters. The molecule has 1 saturated heterocycles. The molecule has 2 rings (SSSR count). The summed E-state index contributed by atoms with van der Waals surface area (Å²) in [6.45, 7) is 4.56. The molecule has 0 aliphatic carbocycles. The first kappa shape index (κ1) is 14.2. The van der Waals surface area contributed by atoms with Crippen molar-refractivity contribution in [1.82, 2.24) is 9.88 Å². The number of hydrogen-bond donors (Lipinski definition) is 1. The Labute approximate surface area is 117 Å². The van der Waals surface area contributed by atoms with Crippen LogP contribution in [0.25, 0.3) is 0 Å². The first-order chi connectivity index (χ1) is 8.78. The molecule has 102 valence electrons. The van der Waals surface area contributed by atoms with E-state index in [9.17, 15) is 0 Å². The second-order valence-electron chi connectivity index (χ2n) is 4.55. The lowest BCUT2D eigenvalue weighted by molar-refractivity contribution is 0.00562. The third kappa shape index (κ3) is 4.48. The van der Waals surface area contributed by atoms with E-state index >= 15 is 0 Å². The van der Waals surface area contributed by atoms with Crippen LogP contribution in [0.15, 0.2) is 6.20 Å². The van der Waals surface area contributed by atoms with E-state index in [1.54, 1.807) is 17.5 Å². The highest BCUT2D eigenvalue weighted by Crippen LogP contribution is 2.22. The average Bonchev–Trinajstić information content (AvgIpc) is 2.77. The normalized spacial score (nSPS) is 18.3. The third-order valence-corrected chi connectivity index (χ3v) is 4.22. The number of thiazole rings is 1. The van der Waals surface area contributed by atoms with Gasteiger partial charge in [0.05, 0.1) is 18.8 Å². The Bertz CT molecular complexity index is 353. The standard InChI is InChI=1S/C12H20ClN3OS/c13-11-8-15-12(18-11)9-16-5-2-10(3-6-16)17-7-1-4-14/h8,10H,1-7,9,14H2. The first-order valence-electron chi connectivity index (χ1n) is 6.42.